The molecule has 0 saturated carbocycles. The summed E-state index contributed by atoms with van der Waals surface area (Å²) >= 11 is 0. The van der Waals surface area contributed by atoms with E-state index < -0.39 is 0 Å². The number of halogens is 1. The van der Waals surface area contributed by atoms with Gasteiger partial charge in [0, 0.05) is 52.8 Å². The van der Waals surface area contributed by atoms with Crippen molar-refractivity contribution in [3.63, 3.8) is 0 Å². The van der Waals surface area contributed by atoms with Gasteiger partial charge in [-0.1, -0.05) is 0 Å². The third-order valence-electron chi connectivity index (χ3n) is 4.32. The second kappa shape index (κ2) is 12.0. The van der Waals surface area contributed by atoms with Crippen molar-refractivity contribution in [3.05, 3.63) is 35.7 Å². The lowest BCUT2D eigenvalue weighted by Gasteiger charge is -2.23. The number of hydrogen-bond donors (Lipinski definition) is 1. The summed E-state index contributed by atoms with van der Waals surface area (Å²) in [5.41, 5.74) is 1.23. The van der Waals surface area contributed by atoms with E-state index in [1.807, 2.05) is 32.5 Å². The Kier molecular flexibility index (Phi) is 10.4. The van der Waals surface area contributed by atoms with E-state index in [4.69, 9.17) is 9.73 Å². The summed E-state index contributed by atoms with van der Waals surface area (Å²) in [6.07, 6.45) is 2.99. The molecular formula is C18H32IN7O. The van der Waals surface area contributed by atoms with Gasteiger partial charge in [-0.05, 0) is 32.4 Å². The number of aliphatic imine (C=N–C) groups is 1. The van der Waals surface area contributed by atoms with Crippen LogP contribution >= 0.6 is 24.0 Å². The fourth-order valence-corrected chi connectivity index (χ4v) is 2.54. The van der Waals surface area contributed by atoms with Crippen LogP contribution in [0.3, 0.4) is 0 Å². The molecule has 0 saturated heterocycles. The molecule has 0 aliphatic rings. The van der Waals surface area contributed by atoms with Crippen molar-refractivity contribution in [2.75, 3.05) is 26.8 Å². The third kappa shape index (κ3) is 7.13. The minimum Gasteiger partial charge on any atom is -0.382 e. The van der Waals surface area contributed by atoms with Gasteiger partial charge in [-0.3, -0.25) is 0 Å². The van der Waals surface area contributed by atoms with Crippen molar-refractivity contribution in [1.29, 1.82) is 0 Å². The number of rotatable bonds is 9. The highest BCUT2D eigenvalue weighted by Gasteiger charge is 2.10. The molecule has 0 radical (unpaired) electrons. The predicted molar refractivity (Wildman–Crippen MR) is 118 cm³/mol. The van der Waals surface area contributed by atoms with Crippen LogP contribution in [0.1, 0.15) is 30.7 Å². The van der Waals surface area contributed by atoms with Crippen molar-refractivity contribution >= 4 is 29.9 Å². The van der Waals surface area contributed by atoms with E-state index in [2.05, 4.69) is 50.4 Å². The van der Waals surface area contributed by atoms with Crippen LogP contribution in [0.15, 0.2) is 23.3 Å². The Balaban J connectivity index is 0.00000364. The van der Waals surface area contributed by atoms with Crippen LogP contribution in [-0.4, -0.2) is 57.0 Å². The molecule has 0 unspecified atom stereocenters. The van der Waals surface area contributed by atoms with Crippen molar-refractivity contribution < 1.29 is 4.74 Å². The molecule has 0 atom stereocenters. The Bertz CT molecular complexity index is 710. The molecule has 2 aromatic heterocycles. The van der Waals surface area contributed by atoms with Crippen LogP contribution in [0.4, 0.5) is 0 Å². The second-order valence-corrected chi connectivity index (χ2v) is 6.31. The Morgan fingerprint density at radius 2 is 2.11 bits per heavy atom. The lowest BCUT2D eigenvalue weighted by Crippen LogP contribution is -2.39. The maximum absolute atomic E-state index is 5.41. The van der Waals surface area contributed by atoms with Gasteiger partial charge in [0.15, 0.2) is 11.8 Å². The maximum atomic E-state index is 5.41. The molecular weight excluding hydrogens is 457 g/mol. The molecule has 8 nitrogen and oxygen atoms in total. The summed E-state index contributed by atoms with van der Waals surface area (Å²) < 4.78 is 9.49. The van der Waals surface area contributed by atoms with Crippen LogP contribution in [0.2, 0.25) is 0 Å². The molecule has 0 aliphatic heterocycles. The number of nitrogens with one attached hydrogen (secondary N) is 1. The van der Waals surface area contributed by atoms with E-state index in [-0.39, 0.29) is 24.0 Å². The van der Waals surface area contributed by atoms with Gasteiger partial charge in [0.25, 0.3) is 0 Å². The fourth-order valence-electron chi connectivity index (χ4n) is 2.54. The number of nitrogens with zero attached hydrogens (tertiary/aromatic N) is 6. The highest BCUT2D eigenvalue weighted by molar-refractivity contribution is 14.0. The number of hydrogen-bond acceptors (Lipinski definition) is 4. The highest BCUT2D eigenvalue weighted by Crippen LogP contribution is 2.05. The predicted octanol–water partition coefficient (Wildman–Crippen LogP) is 2.08. The SMILES string of the molecule is CCOCCCNC(=NCc1nnc(C)n1C)N(C)Cc1cccn1C.I. The molecule has 0 bridgehead atoms. The summed E-state index contributed by atoms with van der Waals surface area (Å²) in [7, 11) is 6.06. The van der Waals surface area contributed by atoms with Crippen molar-refractivity contribution in [2.24, 2.45) is 19.1 Å². The van der Waals surface area contributed by atoms with Crippen LogP contribution in [0.25, 0.3) is 0 Å². The third-order valence-corrected chi connectivity index (χ3v) is 4.32. The van der Waals surface area contributed by atoms with E-state index in [0.717, 1.165) is 50.3 Å². The molecule has 9 heteroatoms. The summed E-state index contributed by atoms with van der Waals surface area (Å²) in [6.45, 7) is 7.53. The van der Waals surface area contributed by atoms with Crippen molar-refractivity contribution in [3.8, 4) is 0 Å². The first-order valence-electron chi connectivity index (χ1n) is 9.05. The standard InChI is InChI=1S/C18H31N7O.HI/c1-6-26-12-8-10-19-18(20-13-17-22-21-15(2)25(17)5)24(4)14-16-9-7-11-23(16)3;/h7,9,11H,6,8,10,12-14H2,1-5H3,(H,19,20);1H. The largest absolute Gasteiger partial charge is 0.382 e. The summed E-state index contributed by atoms with van der Waals surface area (Å²) in [4.78, 5) is 6.88. The second-order valence-electron chi connectivity index (χ2n) is 6.31. The van der Waals surface area contributed by atoms with E-state index >= 15 is 0 Å². The Labute approximate surface area is 179 Å². The first kappa shape index (κ1) is 23.4. The average molecular weight is 489 g/mol. The average Bonchev–Trinajstić information content (AvgIpc) is 3.17. The Hall–Kier alpha value is -1.62. The molecule has 1 N–H and O–H groups in total. The lowest BCUT2D eigenvalue weighted by molar-refractivity contribution is 0.145. The molecule has 2 aromatic rings. The van der Waals surface area contributed by atoms with Gasteiger partial charge in [-0.2, -0.15) is 0 Å². The Morgan fingerprint density at radius 1 is 1.33 bits per heavy atom. The van der Waals surface area contributed by atoms with Gasteiger partial charge in [0.2, 0.25) is 0 Å². The molecule has 2 rings (SSSR count). The monoisotopic (exact) mass is 489 g/mol. The van der Waals surface area contributed by atoms with Gasteiger partial charge in [-0.15, -0.1) is 34.2 Å². The maximum Gasteiger partial charge on any atom is 0.194 e. The quantitative estimate of drug-likeness (QED) is 0.253. The molecule has 152 valence electrons. The molecule has 27 heavy (non-hydrogen) atoms. The van der Waals surface area contributed by atoms with Gasteiger partial charge in [0.1, 0.15) is 12.4 Å². The van der Waals surface area contributed by atoms with Gasteiger partial charge >= 0.3 is 0 Å². The molecule has 0 fully saturated rings. The molecule has 0 aromatic carbocycles. The molecule has 0 amide bonds. The molecule has 0 aliphatic carbocycles. The van der Waals surface area contributed by atoms with E-state index in [1.165, 1.54) is 5.69 Å². The Morgan fingerprint density at radius 3 is 2.70 bits per heavy atom. The summed E-state index contributed by atoms with van der Waals surface area (Å²) in [5.74, 6) is 2.59. The van der Waals surface area contributed by atoms with Crippen LogP contribution in [0, 0.1) is 6.92 Å². The smallest absolute Gasteiger partial charge is 0.194 e. The normalized spacial score (nSPS) is 11.4. The number of ether oxygens (including phenoxy) is 1. The van der Waals surface area contributed by atoms with Gasteiger partial charge < -0.3 is 24.1 Å². The van der Waals surface area contributed by atoms with Crippen LogP contribution in [-0.2, 0) is 31.9 Å². The summed E-state index contributed by atoms with van der Waals surface area (Å²) in [5, 5.41) is 11.7. The first-order valence-corrected chi connectivity index (χ1v) is 9.05. The van der Waals surface area contributed by atoms with Crippen molar-refractivity contribution in [2.45, 2.75) is 33.4 Å². The van der Waals surface area contributed by atoms with Gasteiger partial charge in [0.05, 0.1) is 6.54 Å². The van der Waals surface area contributed by atoms with Gasteiger partial charge in [-0.25, -0.2) is 4.99 Å². The molecule has 2 heterocycles. The van der Waals surface area contributed by atoms with E-state index in [9.17, 15) is 0 Å². The first-order chi connectivity index (χ1) is 12.5. The number of aromatic nitrogens is 4. The fraction of sp³-hybridized carbons (Fsp3) is 0.611. The molecule has 0 spiro atoms. The van der Waals surface area contributed by atoms with E-state index in [1.54, 1.807) is 0 Å². The zero-order chi connectivity index (χ0) is 18.9. The van der Waals surface area contributed by atoms with Crippen LogP contribution < -0.4 is 5.32 Å². The topological polar surface area (TPSA) is 72.5 Å². The lowest BCUT2D eigenvalue weighted by atomic mass is 10.4. The van der Waals surface area contributed by atoms with Crippen molar-refractivity contribution in [1.82, 2.24) is 29.5 Å². The number of guanidine groups is 1. The zero-order valence-corrected chi connectivity index (χ0v) is 19.3. The summed E-state index contributed by atoms with van der Waals surface area (Å²) in [6, 6.07) is 4.17. The van der Waals surface area contributed by atoms with E-state index in [0.29, 0.717) is 6.54 Å². The minimum absolute atomic E-state index is 0. The zero-order valence-electron chi connectivity index (χ0n) is 17.0. The highest BCUT2D eigenvalue weighted by atomic mass is 127. The minimum atomic E-state index is 0. The van der Waals surface area contributed by atoms with Crippen LogP contribution in [0.5, 0.6) is 0 Å². The number of aryl methyl sites for hydroxylation is 2.